The van der Waals surface area contributed by atoms with Gasteiger partial charge in [0.2, 0.25) is 6.71 Å². The molecule has 0 spiro atoms. The van der Waals surface area contributed by atoms with Crippen molar-refractivity contribution in [2.75, 3.05) is 23.5 Å². The Bertz CT molecular complexity index is 3280. The number of nitrogens with zero attached hydrogens (tertiary/aromatic N) is 6. The highest BCUT2D eigenvalue weighted by Crippen LogP contribution is 2.40. The van der Waals surface area contributed by atoms with Crippen LogP contribution in [-0.2, 0) is 5.41 Å². The summed E-state index contributed by atoms with van der Waals surface area (Å²) in [6, 6.07) is 70.1. The fourth-order valence-corrected chi connectivity index (χ4v) is 9.56. The maximum atomic E-state index is 5.62. The topological polar surface area (TPSA) is 42.1 Å². The Hall–Kier alpha value is -7.64. The fraction of sp³-hybridized carbons (Fsp3) is 0.107. The molecule has 0 bridgehead atoms. The highest BCUT2D eigenvalue weighted by Gasteiger charge is 2.35. The maximum absolute atomic E-state index is 5.62. The summed E-state index contributed by atoms with van der Waals surface area (Å²) in [7, 11) is 2.17. The molecular formula is C56H47BN6. The summed E-state index contributed by atoms with van der Waals surface area (Å²) >= 11 is 0. The molecule has 0 aliphatic carbocycles. The normalized spacial score (nSPS) is 12.6. The van der Waals surface area contributed by atoms with E-state index in [1.807, 2.05) is 6.20 Å². The molecule has 0 saturated heterocycles. The minimum absolute atomic E-state index is 0.0387. The van der Waals surface area contributed by atoms with E-state index in [0.29, 0.717) is 0 Å². The zero-order chi connectivity index (χ0) is 42.7. The van der Waals surface area contributed by atoms with Crippen LogP contribution in [0.1, 0.15) is 26.3 Å². The van der Waals surface area contributed by atoms with E-state index in [4.69, 9.17) is 10.1 Å². The van der Waals surface area contributed by atoms with Crippen LogP contribution in [0.2, 0.25) is 0 Å². The maximum Gasteiger partial charge on any atom is 0.247 e. The molecule has 11 rings (SSSR count). The standard InChI is InChI=1S/C56H47BN6/c1-56(2,3)41-33-34-58-52(35-41)62-48-28-15-14-27-46(48)47-32-31-43(37-51(47)62)57(42-23-18-26-45(36-42)61-38-60(4)49-29-16-17-30-50(49)61)53-54(39-19-8-5-9-20-39)59-63(44-24-12-7-13-25-44)55(53)40-21-10-6-11-22-40/h5-37H,38H2,1-4H3. The van der Waals surface area contributed by atoms with Crippen LogP contribution in [0.15, 0.2) is 200 Å². The SMILES string of the molecule is CN1CN(c2cccc(B(c3ccc4c5ccccc5n(-c5cc(C(C)(C)C)ccn5)c4c3)c3c(-c4ccccc4)nn(-c4ccccc4)c3-c3ccccc3)c2)c2ccccc21. The fourth-order valence-electron chi connectivity index (χ4n) is 9.56. The molecule has 63 heavy (non-hydrogen) atoms. The van der Waals surface area contributed by atoms with Crippen LogP contribution in [0.5, 0.6) is 0 Å². The molecule has 7 aromatic carbocycles. The lowest BCUT2D eigenvalue weighted by Crippen LogP contribution is -2.53. The van der Waals surface area contributed by atoms with Gasteiger partial charge in [-0.3, -0.25) is 4.57 Å². The number of benzene rings is 7. The molecule has 304 valence electrons. The van der Waals surface area contributed by atoms with E-state index in [0.717, 1.165) is 68.3 Å². The highest BCUT2D eigenvalue weighted by atomic mass is 15.4. The van der Waals surface area contributed by atoms with E-state index in [-0.39, 0.29) is 12.1 Å². The lowest BCUT2D eigenvalue weighted by atomic mass is 9.36. The predicted octanol–water partition coefficient (Wildman–Crippen LogP) is 11.1. The Morgan fingerprint density at radius 3 is 1.94 bits per heavy atom. The van der Waals surface area contributed by atoms with Crippen molar-refractivity contribution in [3.63, 3.8) is 0 Å². The minimum atomic E-state index is -0.242. The Labute approximate surface area is 369 Å². The molecule has 0 radical (unpaired) electrons. The molecule has 10 aromatic rings. The summed E-state index contributed by atoms with van der Waals surface area (Å²) in [4.78, 5) is 9.80. The first-order valence-electron chi connectivity index (χ1n) is 21.8. The first kappa shape index (κ1) is 38.3. The van der Waals surface area contributed by atoms with Gasteiger partial charge in [0.15, 0.2) is 0 Å². The van der Waals surface area contributed by atoms with Gasteiger partial charge in [0, 0.05) is 35.3 Å². The molecule has 0 amide bonds. The number of anilines is 3. The van der Waals surface area contributed by atoms with Crippen LogP contribution >= 0.6 is 0 Å². The van der Waals surface area contributed by atoms with Crippen molar-refractivity contribution in [1.82, 2.24) is 19.3 Å². The van der Waals surface area contributed by atoms with E-state index in [9.17, 15) is 0 Å². The first-order valence-corrected chi connectivity index (χ1v) is 21.8. The Morgan fingerprint density at radius 1 is 0.540 bits per heavy atom. The van der Waals surface area contributed by atoms with Gasteiger partial charge < -0.3 is 9.80 Å². The third-order valence-electron chi connectivity index (χ3n) is 12.6. The van der Waals surface area contributed by atoms with E-state index in [1.165, 1.54) is 33.2 Å². The highest BCUT2D eigenvalue weighted by molar-refractivity contribution is 6.97. The third kappa shape index (κ3) is 6.68. The Balaban J connectivity index is 1.23. The van der Waals surface area contributed by atoms with Crippen molar-refractivity contribution in [2.45, 2.75) is 26.2 Å². The zero-order valence-electron chi connectivity index (χ0n) is 36.0. The first-order chi connectivity index (χ1) is 30.8. The summed E-state index contributed by atoms with van der Waals surface area (Å²) in [6.45, 7) is 7.30. The molecule has 0 N–H and O–H groups in total. The second-order valence-electron chi connectivity index (χ2n) is 17.7. The number of fused-ring (bicyclic) bond motifs is 4. The minimum Gasteiger partial charge on any atom is -0.355 e. The van der Waals surface area contributed by atoms with Gasteiger partial charge >= 0.3 is 0 Å². The van der Waals surface area contributed by atoms with Gasteiger partial charge in [0.1, 0.15) is 5.82 Å². The average Bonchev–Trinajstić information content (AvgIpc) is 3.99. The Kier molecular flexibility index (Phi) is 9.34. The molecular weight excluding hydrogens is 767 g/mol. The van der Waals surface area contributed by atoms with Crippen molar-refractivity contribution in [1.29, 1.82) is 0 Å². The molecule has 3 aromatic heterocycles. The van der Waals surface area contributed by atoms with Crippen LogP contribution in [0, 0.1) is 0 Å². The van der Waals surface area contributed by atoms with E-state index >= 15 is 0 Å². The number of pyridine rings is 1. The van der Waals surface area contributed by atoms with E-state index < -0.39 is 0 Å². The number of hydrogen-bond acceptors (Lipinski definition) is 4. The number of rotatable bonds is 8. The van der Waals surface area contributed by atoms with Crippen molar-refractivity contribution in [2.24, 2.45) is 0 Å². The molecule has 1 aliphatic rings. The summed E-state index contributed by atoms with van der Waals surface area (Å²) in [5.41, 5.74) is 15.7. The van der Waals surface area contributed by atoms with Crippen molar-refractivity contribution in [3.8, 4) is 34.0 Å². The number of aromatic nitrogens is 4. The van der Waals surface area contributed by atoms with Crippen LogP contribution in [0.3, 0.4) is 0 Å². The lowest BCUT2D eigenvalue weighted by Gasteiger charge is -2.23. The monoisotopic (exact) mass is 814 g/mol. The van der Waals surface area contributed by atoms with Gasteiger partial charge in [0.05, 0.1) is 46.2 Å². The molecule has 6 nitrogen and oxygen atoms in total. The Morgan fingerprint density at radius 2 is 1.17 bits per heavy atom. The van der Waals surface area contributed by atoms with Crippen molar-refractivity contribution < 1.29 is 0 Å². The number of para-hydroxylation sites is 4. The molecule has 0 atom stereocenters. The molecule has 7 heteroatoms. The van der Waals surface area contributed by atoms with Gasteiger partial charge in [-0.2, -0.15) is 5.10 Å². The predicted molar refractivity (Wildman–Crippen MR) is 265 cm³/mol. The summed E-state index contributed by atoms with van der Waals surface area (Å²) < 4.78 is 4.52. The quantitative estimate of drug-likeness (QED) is 0.143. The molecule has 0 unspecified atom stereocenters. The summed E-state index contributed by atoms with van der Waals surface area (Å²) in [5, 5.41) is 8.00. The van der Waals surface area contributed by atoms with Gasteiger partial charge in [0.25, 0.3) is 0 Å². The molecule has 1 aliphatic heterocycles. The molecule has 0 fully saturated rings. The van der Waals surface area contributed by atoms with Gasteiger partial charge in [-0.25, -0.2) is 9.67 Å². The second-order valence-corrected chi connectivity index (χ2v) is 17.7. The van der Waals surface area contributed by atoms with Gasteiger partial charge in [-0.15, -0.1) is 0 Å². The van der Waals surface area contributed by atoms with Crippen LogP contribution in [0.25, 0.3) is 55.8 Å². The smallest absolute Gasteiger partial charge is 0.247 e. The largest absolute Gasteiger partial charge is 0.355 e. The average molecular weight is 815 g/mol. The number of hydrogen-bond donors (Lipinski definition) is 0. The summed E-state index contributed by atoms with van der Waals surface area (Å²) in [5.74, 6) is 0.910. The van der Waals surface area contributed by atoms with Crippen LogP contribution < -0.4 is 26.2 Å². The molecule has 4 heterocycles. The van der Waals surface area contributed by atoms with Gasteiger partial charge in [-0.05, 0) is 82.7 Å². The second kappa shape index (κ2) is 15.4. The van der Waals surface area contributed by atoms with Crippen LogP contribution in [-0.4, -0.2) is 39.8 Å². The summed E-state index contributed by atoms with van der Waals surface area (Å²) in [6.07, 6.45) is 1.96. The van der Waals surface area contributed by atoms with E-state index in [2.05, 4.69) is 241 Å². The van der Waals surface area contributed by atoms with Crippen molar-refractivity contribution in [3.05, 3.63) is 206 Å². The van der Waals surface area contributed by atoms with E-state index in [1.54, 1.807) is 0 Å². The van der Waals surface area contributed by atoms with Crippen molar-refractivity contribution >= 4 is 62.0 Å². The van der Waals surface area contributed by atoms with Crippen LogP contribution in [0.4, 0.5) is 17.1 Å². The third-order valence-corrected chi connectivity index (χ3v) is 12.6. The zero-order valence-corrected chi connectivity index (χ0v) is 36.0. The molecule has 0 saturated carbocycles. The van der Waals surface area contributed by atoms with Gasteiger partial charge in [-0.1, -0.05) is 165 Å². The lowest BCUT2D eigenvalue weighted by molar-refractivity contribution is 0.588.